The summed E-state index contributed by atoms with van der Waals surface area (Å²) in [6.07, 6.45) is 1.81. The van der Waals surface area contributed by atoms with Crippen molar-refractivity contribution in [3.05, 3.63) is 93.6 Å². The van der Waals surface area contributed by atoms with Crippen LogP contribution in [0.4, 0.5) is 11.4 Å². The topological polar surface area (TPSA) is 124 Å². The molecule has 9 nitrogen and oxygen atoms in total. The smallest absolute Gasteiger partial charge is 0.273 e. The zero-order chi connectivity index (χ0) is 21.1. The Bertz CT molecular complexity index is 1210. The van der Waals surface area contributed by atoms with Crippen LogP contribution in [0.2, 0.25) is 0 Å². The minimum atomic E-state index is -0.508. The van der Waals surface area contributed by atoms with E-state index in [0.29, 0.717) is 28.7 Å². The van der Waals surface area contributed by atoms with E-state index in [2.05, 4.69) is 15.5 Å². The van der Waals surface area contributed by atoms with Crippen LogP contribution in [0.5, 0.6) is 0 Å². The van der Waals surface area contributed by atoms with Gasteiger partial charge in [0.2, 0.25) is 11.7 Å². The molecule has 1 N–H and O–H groups in total. The van der Waals surface area contributed by atoms with Gasteiger partial charge in [-0.05, 0) is 36.8 Å². The molecule has 9 heteroatoms. The maximum Gasteiger partial charge on any atom is 0.273 e. The van der Waals surface area contributed by atoms with Gasteiger partial charge in [0.15, 0.2) is 5.76 Å². The zero-order valence-electron chi connectivity index (χ0n) is 15.9. The first-order valence-corrected chi connectivity index (χ1v) is 9.02. The number of benzene rings is 2. The summed E-state index contributed by atoms with van der Waals surface area (Å²) in [6.45, 7) is 1.62. The Labute approximate surface area is 170 Å². The number of aryl methyl sites for hydroxylation is 1. The highest BCUT2D eigenvalue weighted by atomic mass is 16.6. The van der Waals surface area contributed by atoms with Crippen LogP contribution in [0, 0.1) is 17.0 Å². The van der Waals surface area contributed by atoms with E-state index in [1.54, 1.807) is 43.3 Å². The molecule has 0 saturated heterocycles. The summed E-state index contributed by atoms with van der Waals surface area (Å²) in [6, 6.07) is 15.0. The lowest BCUT2D eigenvalue weighted by molar-refractivity contribution is -0.385. The molecule has 0 saturated carbocycles. The molecule has 30 heavy (non-hydrogen) atoms. The standard InChI is InChI=1S/C21H16N4O5/c1-13-8-9-15(11-17(13)25(27)28)21(26)22-16-6-3-2-5-14(16)12-19-23-20(24-30-19)18-7-4-10-29-18/h2-11H,12H2,1H3,(H,22,26). The molecule has 1 amide bonds. The predicted molar refractivity (Wildman–Crippen MR) is 107 cm³/mol. The largest absolute Gasteiger partial charge is 0.461 e. The Morgan fingerprint density at radius 3 is 2.77 bits per heavy atom. The van der Waals surface area contributed by atoms with Crippen molar-refractivity contribution in [2.75, 3.05) is 5.32 Å². The molecule has 2 heterocycles. The predicted octanol–water partition coefficient (Wildman–Crippen LogP) is 4.39. The van der Waals surface area contributed by atoms with Gasteiger partial charge in [-0.25, -0.2) is 0 Å². The normalized spacial score (nSPS) is 10.7. The van der Waals surface area contributed by atoms with Gasteiger partial charge in [-0.2, -0.15) is 4.98 Å². The van der Waals surface area contributed by atoms with Crippen LogP contribution in [-0.4, -0.2) is 21.0 Å². The van der Waals surface area contributed by atoms with Gasteiger partial charge in [0.05, 0.1) is 17.6 Å². The summed E-state index contributed by atoms with van der Waals surface area (Å²) < 4.78 is 10.5. The van der Waals surface area contributed by atoms with E-state index in [-0.39, 0.29) is 17.7 Å². The third-order valence-corrected chi connectivity index (χ3v) is 4.48. The second-order valence-corrected chi connectivity index (χ2v) is 6.54. The molecule has 0 aliphatic heterocycles. The number of aromatic nitrogens is 2. The first-order valence-electron chi connectivity index (χ1n) is 9.02. The number of furan rings is 1. The summed E-state index contributed by atoms with van der Waals surface area (Å²) in [4.78, 5) is 27.6. The maximum atomic E-state index is 12.7. The average Bonchev–Trinajstić information content (AvgIpc) is 3.41. The second-order valence-electron chi connectivity index (χ2n) is 6.54. The van der Waals surface area contributed by atoms with Crippen LogP contribution in [-0.2, 0) is 6.42 Å². The lowest BCUT2D eigenvalue weighted by Gasteiger charge is -2.10. The van der Waals surface area contributed by atoms with Gasteiger partial charge in [-0.3, -0.25) is 14.9 Å². The van der Waals surface area contributed by atoms with Crippen LogP contribution >= 0.6 is 0 Å². The fourth-order valence-electron chi connectivity index (χ4n) is 2.93. The second kappa shape index (κ2) is 8.00. The Balaban J connectivity index is 1.55. The van der Waals surface area contributed by atoms with Crippen molar-refractivity contribution >= 4 is 17.3 Å². The number of hydrogen-bond donors (Lipinski definition) is 1. The van der Waals surface area contributed by atoms with Crippen molar-refractivity contribution in [2.45, 2.75) is 13.3 Å². The number of amides is 1. The number of nitrogens with zero attached hydrogens (tertiary/aromatic N) is 3. The minimum absolute atomic E-state index is 0.104. The number of nitrogens with one attached hydrogen (secondary N) is 1. The van der Waals surface area contributed by atoms with Crippen LogP contribution in [0.1, 0.15) is 27.4 Å². The van der Waals surface area contributed by atoms with E-state index in [1.807, 2.05) is 12.1 Å². The summed E-state index contributed by atoms with van der Waals surface area (Å²) in [5, 5.41) is 17.8. The number of carbonyl (C=O) groups is 1. The molecule has 0 spiro atoms. The first kappa shape index (κ1) is 19.1. The Hall–Kier alpha value is -4.27. The molecule has 0 radical (unpaired) electrons. The number of para-hydroxylation sites is 1. The Kier molecular flexibility index (Phi) is 5.08. The van der Waals surface area contributed by atoms with Crippen molar-refractivity contribution in [2.24, 2.45) is 0 Å². The Morgan fingerprint density at radius 2 is 2.00 bits per heavy atom. The highest BCUT2D eigenvalue weighted by molar-refractivity contribution is 6.05. The van der Waals surface area contributed by atoms with E-state index >= 15 is 0 Å². The number of carbonyl (C=O) groups excluding carboxylic acids is 1. The van der Waals surface area contributed by atoms with Crippen molar-refractivity contribution in [3.8, 4) is 11.6 Å². The summed E-state index contributed by atoms with van der Waals surface area (Å²) in [7, 11) is 0. The summed E-state index contributed by atoms with van der Waals surface area (Å²) in [5.74, 6) is 0.734. The van der Waals surface area contributed by atoms with Crippen LogP contribution in [0.25, 0.3) is 11.6 Å². The quantitative estimate of drug-likeness (QED) is 0.373. The molecule has 2 aromatic carbocycles. The van der Waals surface area contributed by atoms with E-state index < -0.39 is 10.8 Å². The number of rotatable bonds is 6. The molecule has 0 unspecified atom stereocenters. The van der Waals surface area contributed by atoms with Crippen LogP contribution in [0.3, 0.4) is 0 Å². The maximum absolute atomic E-state index is 12.7. The summed E-state index contributed by atoms with van der Waals surface area (Å²) >= 11 is 0. The van der Waals surface area contributed by atoms with Gasteiger partial charge in [0.25, 0.3) is 11.6 Å². The van der Waals surface area contributed by atoms with E-state index in [1.165, 1.54) is 12.3 Å². The van der Waals surface area contributed by atoms with Crippen molar-refractivity contribution in [3.63, 3.8) is 0 Å². The SMILES string of the molecule is Cc1ccc(C(=O)Nc2ccccc2Cc2nc(-c3ccco3)no2)cc1[N+](=O)[O-]. The molecule has 2 aromatic heterocycles. The monoisotopic (exact) mass is 404 g/mol. The highest BCUT2D eigenvalue weighted by Gasteiger charge is 2.17. The number of anilines is 1. The molecule has 0 bridgehead atoms. The number of nitro groups is 1. The molecule has 4 aromatic rings. The number of nitro benzene ring substituents is 1. The first-order chi connectivity index (χ1) is 14.5. The van der Waals surface area contributed by atoms with Crippen molar-refractivity contribution < 1.29 is 18.7 Å². The summed E-state index contributed by atoms with van der Waals surface area (Å²) in [5.41, 5.74) is 1.87. The molecule has 0 atom stereocenters. The molecule has 150 valence electrons. The minimum Gasteiger partial charge on any atom is -0.461 e. The van der Waals surface area contributed by atoms with Crippen molar-refractivity contribution in [1.82, 2.24) is 10.1 Å². The molecule has 0 aliphatic carbocycles. The van der Waals surface area contributed by atoms with Crippen LogP contribution in [0.15, 0.2) is 69.8 Å². The molecule has 0 fully saturated rings. The fraction of sp³-hybridized carbons (Fsp3) is 0.0952. The van der Waals surface area contributed by atoms with Gasteiger partial charge in [-0.15, -0.1) is 0 Å². The van der Waals surface area contributed by atoms with Gasteiger partial charge in [0.1, 0.15) is 0 Å². The van der Waals surface area contributed by atoms with E-state index in [4.69, 9.17) is 8.94 Å². The lowest BCUT2D eigenvalue weighted by atomic mass is 10.1. The zero-order valence-corrected chi connectivity index (χ0v) is 15.9. The Morgan fingerprint density at radius 1 is 1.17 bits per heavy atom. The van der Waals surface area contributed by atoms with E-state index in [9.17, 15) is 14.9 Å². The molecule has 4 rings (SSSR count). The average molecular weight is 404 g/mol. The third-order valence-electron chi connectivity index (χ3n) is 4.48. The van der Waals surface area contributed by atoms with Gasteiger partial charge >= 0.3 is 0 Å². The van der Waals surface area contributed by atoms with Gasteiger partial charge < -0.3 is 14.3 Å². The van der Waals surface area contributed by atoms with Crippen molar-refractivity contribution in [1.29, 1.82) is 0 Å². The molecular formula is C21H16N4O5. The van der Waals surface area contributed by atoms with Gasteiger partial charge in [-0.1, -0.05) is 29.4 Å². The lowest BCUT2D eigenvalue weighted by Crippen LogP contribution is -2.14. The highest BCUT2D eigenvalue weighted by Crippen LogP contribution is 2.23. The van der Waals surface area contributed by atoms with Crippen LogP contribution < -0.4 is 5.32 Å². The van der Waals surface area contributed by atoms with E-state index in [0.717, 1.165) is 5.56 Å². The fourth-order valence-corrected chi connectivity index (χ4v) is 2.93. The molecule has 0 aliphatic rings. The van der Waals surface area contributed by atoms with Gasteiger partial charge in [0, 0.05) is 22.9 Å². The number of hydrogen-bond acceptors (Lipinski definition) is 7. The third kappa shape index (κ3) is 3.95. The molecular weight excluding hydrogens is 388 g/mol.